The molecule has 6 nitrogen and oxygen atoms in total. The first-order valence-electron chi connectivity index (χ1n) is 11.4. The van der Waals surface area contributed by atoms with Crippen molar-refractivity contribution in [2.45, 2.75) is 24.5 Å². The van der Waals surface area contributed by atoms with Crippen molar-refractivity contribution >= 4 is 71.2 Å². The summed E-state index contributed by atoms with van der Waals surface area (Å²) in [5, 5.41) is 3.14. The Kier molecular flexibility index (Phi) is 6.38. The van der Waals surface area contributed by atoms with Crippen LogP contribution >= 0.6 is 22.9 Å². The fraction of sp³-hybridized carbons (Fsp3) is 0.269. The molecular weight excluding hydrogens is 504 g/mol. The van der Waals surface area contributed by atoms with Crippen molar-refractivity contribution in [2.24, 2.45) is 5.92 Å². The Labute approximate surface area is 213 Å². The summed E-state index contributed by atoms with van der Waals surface area (Å²) in [5.74, 6) is -0.319. The van der Waals surface area contributed by atoms with Crippen LogP contribution in [-0.4, -0.2) is 34.1 Å². The van der Waals surface area contributed by atoms with Gasteiger partial charge in [-0.15, -0.1) is 11.3 Å². The van der Waals surface area contributed by atoms with E-state index in [1.54, 1.807) is 25.1 Å². The summed E-state index contributed by atoms with van der Waals surface area (Å²) in [4.78, 5) is 14.4. The quantitative estimate of drug-likeness (QED) is 0.301. The van der Waals surface area contributed by atoms with Gasteiger partial charge in [0.2, 0.25) is 0 Å². The predicted octanol–water partition coefficient (Wildman–Crippen LogP) is 6.21. The largest absolute Gasteiger partial charge is 0.466 e. The second kappa shape index (κ2) is 9.33. The zero-order chi connectivity index (χ0) is 24.7. The third-order valence-corrected chi connectivity index (χ3v) is 9.89. The summed E-state index contributed by atoms with van der Waals surface area (Å²) in [7, 11) is -3.82. The zero-order valence-corrected chi connectivity index (χ0v) is 21.8. The highest BCUT2D eigenvalue weighted by Gasteiger charge is 2.30. The topological polar surface area (TPSA) is 75.7 Å². The van der Waals surface area contributed by atoms with Crippen molar-refractivity contribution in [2.75, 3.05) is 29.3 Å². The van der Waals surface area contributed by atoms with Crippen molar-refractivity contribution in [3.63, 3.8) is 0 Å². The number of anilines is 2. The number of nitrogens with one attached hydrogen (secondary N) is 1. The normalized spacial score (nSPS) is 16.2. The molecule has 2 heterocycles. The fourth-order valence-electron chi connectivity index (χ4n) is 4.70. The maximum absolute atomic E-state index is 13.4. The van der Waals surface area contributed by atoms with Crippen LogP contribution in [0.25, 0.3) is 20.9 Å². The number of carbonyl (C=O) groups excluding carboxylic acids is 1. The van der Waals surface area contributed by atoms with Crippen LogP contribution in [0.5, 0.6) is 0 Å². The van der Waals surface area contributed by atoms with E-state index in [0.717, 1.165) is 39.5 Å². The van der Waals surface area contributed by atoms with Gasteiger partial charge in [0.1, 0.15) is 4.21 Å². The van der Waals surface area contributed by atoms with Crippen LogP contribution in [0.3, 0.4) is 0 Å². The highest BCUT2D eigenvalue weighted by atomic mass is 35.5. The van der Waals surface area contributed by atoms with Gasteiger partial charge in [-0.3, -0.25) is 9.52 Å². The molecule has 5 rings (SSSR count). The number of nitrogens with zero attached hydrogens (tertiary/aromatic N) is 1. The van der Waals surface area contributed by atoms with Gasteiger partial charge in [-0.25, -0.2) is 8.42 Å². The SMILES string of the molecule is CCOC(=O)[C@@H]1CCN(c2ccc(NS(=O)(=O)c3sc4ccc(Cl)cc4c3C)c3ccccc23)C1. The number of fused-ring (bicyclic) bond motifs is 2. The molecule has 4 aromatic rings. The molecule has 35 heavy (non-hydrogen) atoms. The Morgan fingerprint density at radius 1 is 1.14 bits per heavy atom. The highest BCUT2D eigenvalue weighted by molar-refractivity contribution is 7.95. The summed E-state index contributed by atoms with van der Waals surface area (Å²) in [5.41, 5.74) is 2.17. The molecule has 0 unspecified atom stereocenters. The average molecular weight is 529 g/mol. The molecular formula is C26H25ClN2O4S2. The van der Waals surface area contributed by atoms with Gasteiger partial charge in [-0.2, -0.15) is 0 Å². The van der Waals surface area contributed by atoms with E-state index >= 15 is 0 Å². The Balaban J connectivity index is 1.49. The highest BCUT2D eigenvalue weighted by Crippen LogP contribution is 2.39. The number of carbonyl (C=O) groups is 1. The van der Waals surface area contributed by atoms with Crippen molar-refractivity contribution < 1.29 is 17.9 Å². The molecule has 182 valence electrons. The van der Waals surface area contributed by atoms with Gasteiger partial charge in [0.15, 0.2) is 0 Å². The number of hydrogen-bond acceptors (Lipinski definition) is 6. The molecule has 0 aliphatic carbocycles. The minimum atomic E-state index is -3.82. The minimum Gasteiger partial charge on any atom is -0.466 e. The van der Waals surface area contributed by atoms with Crippen LogP contribution in [-0.2, 0) is 19.6 Å². The molecule has 0 spiro atoms. The molecule has 1 fully saturated rings. The second-order valence-corrected chi connectivity index (χ2v) is 12.0. The predicted molar refractivity (Wildman–Crippen MR) is 143 cm³/mol. The lowest BCUT2D eigenvalue weighted by molar-refractivity contribution is -0.147. The first-order valence-corrected chi connectivity index (χ1v) is 14.1. The number of ether oxygens (including phenoxy) is 1. The number of esters is 1. The Morgan fingerprint density at radius 2 is 1.91 bits per heavy atom. The lowest BCUT2D eigenvalue weighted by atomic mass is 10.1. The first kappa shape index (κ1) is 23.9. The number of thiophene rings is 1. The van der Waals surface area contributed by atoms with Crippen LogP contribution in [0.1, 0.15) is 18.9 Å². The molecule has 0 amide bonds. The third-order valence-electron chi connectivity index (χ3n) is 6.39. The minimum absolute atomic E-state index is 0.156. The van der Waals surface area contributed by atoms with Crippen molar-refractivity contribution in [3.05, 3.63) is 65.2 Å². The molecule has 9 heteroatoms. The van der Waals surface area contributed by atoms with Gasteiger partial charge in [0.25, 0.3) is 10.0 Å². The molecule has 0 bridgehead atoms. The number of halogens is 1. The van der Waals surface area contributed by atoms with E-state index < -0.39 is 10.0 Å². The lowest BCUT2D eigenvalue weighted by Crippen LogP contribution is -2.24. The standard InChI is InChI=1S/C26H25ClN2O4S2/c1-3-33-25(30)17-12-13-29(15-17)23-10-9-22(19-6-4-5-7-20(19)23)28-35(31,32)26-16(2)21-14-18(27)8-11-24(21)34-26/h4-11,14,17,28H,3,12-13,15H2,1-2H3/t17-/m1/s1. The summed E-state index contributed by atoms with van der Waals surface area (Å²) in [6, 6.07) is 16.8. The van der Waals surface area contributed by atoms with Crippen LogP contribution in [0.2, 0.25) is 5.02 Å². The molecule has 1 N–H and O–H groups in total. The summed E-state index contributed by atoms with van der Waals surface area (Å²) >= 11 is 7.36. The smallest absolute Gasteiger partial charge is 0.310 e. The van der Waals surface area contributed by atoms with Crippen LogP contribution in [0.4, 0.5) is 11.4 Å². The number of sulfonamides is 1. The van der Waals surface area contributed by atoms with Gasteiger partial charge < -0.3 is 9.64 Å². The molecule has 1 aliphatic heterocycles. The van der Waals surface area contributed by atoms with E-state index in [4.69, 9.17) is 16.3 Å². The van der Waals surface area contributed by atoms with E-state index in [9.17, 15) is 13.2 Å². The molecule has 0 saturated carbocycles. The molecule has 3 aromatic carbocycles. The molecule has 1 aliphatic rings. The van der Waals surface area contributed by atoms with Gasteiger partial charge in [-0.1, -0.05) is 35.9 Å². The number of hydrogen-bond donors (Lipinski definition) is 1. The third kappa shape index (κ3) is 4.46. The maximum atomic E-state index is 13.4. The lowest BCUT2D eigenvalue weighted by Gasteiger charge is -2.22. The number of rotatable bonds is 6. The van der Waals surface area contributed by atoms with Gasteiger partial charge in [0.05, 0.1) is 18.2 Å². The van der Waals surface area contributed by atoms with Crippen molar-refractivity contribution in [1.82, 2.24) is 0 Å². The molecule has 0 radical (unpaired) electrons. The first-order chi connectivity index (χ1) is 16.8. The molecule has 1 atom stereocenters. The Bertz CT molecular complexity index is 1550. The van der Waals surface area contributed by atoms with E-state index in [1.807, 2.05) is 43.3 Å². The zero-order valence-electron chi connectivity index (χ0n) is 19.4. The molecule has 1 aromatic heterocycles. The maximum Gasteiger partial charge on any atom is 0.310 e. The van der Waals surface area contributed by atoms with Crippen molar-refractivity contribution in [1.29, 1.82) is 0 Å². The Morgan fingerprint density at radius 3 is 2.69 bits per heavy atom. The van der Waals surface area contributed by atoms with E-state index in [1.165, 1.54) is 11.3 Å². The van der Waals surface area contributed by atoms with Crippen LogP contribution < -0.4 is 9.62 Å². The van der Waals surface area contributed by atoms with E-state index in [-0.39, 0.29) is 16.1 Å². The van der Waals surface area contributed by atoms with E-state index in [2.05, 4.69) is 9.62 Å². The van der Waals surface area contributed by atoms with Crippen LogP contribution in [0.15, 0.2) is 58.8 Å². The fourth-order valence-corrected chi connectivity index (χ4v) is 7.70. The number of benzene rings is 3. The molecule has 1 saturated heterocycles. The summed E-state index contributed by atoms with van der Waals surface area (Å²) < 4.78 is 36.1. The van der Waals surface area contributed by atoms with E-state index in [0.29, 0.717) is 29.4 Å². The van der Waals surface area contributed by atoms with Crippen molar-refractivity contribution in [3.8, 4) is 0 Å². The average Bonchev–Trinajstić information content (AvgIpc) is 3.45. The van der Waals surface area contributed by atoms with Gasteiger partial charge >= 0.3 is 5.97 Å². The monoisotopic (exact) mass is 528 g/mol. The van der Waals surface area contributed by atoms with Crippen LogP contribution in [0, 0.1) is 12.8 Å². The second-order valence-electron chi connectivity index (χ2n) is 8.62. The van der Waals surface area contributed by atoms with Gasteiger partial charge in [-0.05, 0) is 61.5 Å². The van der Waals surface area contributed by atoms with Gasteiger partial charge in [0, 0.05) is 39.3 Å². The summed E-state index contributed by atoms with van der Waals surface area (Å²) in [6.45, 7) is 5.31. The Hall–Kier alpha value is -2.81. The summed E-state index contributed by atoms with van der Waals surface area (Å²) in [6.07, 6.45) is 0.733. The number of aryl methyl sites for hydroxylation is 1.